The number of hydrogen-bond donors (Lipinski definition) is 1. The molecule has 0 atom stereocenters. The van der Waals surface area contributed by atoms with Gasteiger partial charge in [0.1, 0.15) is 0 Å². The summed E-state index contributed by atoms with van der Waals surface area (Å²) >= 11 is 1.70. The van der Waals surface area contributed by atoms with Crippen LogP contribution >= 0.6 is 11.3 Å². The molecule has 0 fully saturated rings. The standard InChI is InChI=1S/C13H19NOS/c1-2-8-14-13(15)12-9-10-6-4-3-5-7-11(10)16-12/h9H,2-8H2,1H3,(H,14,15). The van der Waals surface area contributed by atoms with Crippen LogP contribution < -0.4 is 5.32 Å². The highest BCUT2D eigenvalue weighted by Crippen LogP contribution is 2.28. The number of fused-ring (bicyclic) bond motifs is 1. The first-order valence-corrected chi connectivity index (χ1v) is 7.02. The molecule has 16 heavy (non-hydrogen) atoms. The van der Waals surface area contributed by atoms with Gasteiger partial charge >= 0.3 is 0 Å². The van der Waals surface area contributed by atoms with E-state index in [1.54, 1.807) is 11.3 Å². The zero-order valence-corrected chi connectivity index (χ0v) is 10.7. The second-order valence-corrected chi connectivity index (χ2v) is 5.51. The predicted molar refractivity (Wildman–Crippen MR) is 68.2 cm³/mol. The van der Waals surface area contributed by atoms with Crippen molar-refractivity contribution in [3.05, 3.63) is 21.4 Å². The molecule has 3 heteroatoms. The minimum atomic E-state index is 0.111. The number of carbonyl (C=O) groups excluding carboxylic acids is 1. The minimum Gasteiger partial charge on any atom is -0.351 e. The third-order valence-corrected chi connectivity index (χ3v) is 4.24. The fourth-order valence-electron chi connectivity index (χ4n) is 2.10. The van der Waals surface area contributed by atoms with Gasteiger partial charge in [0, 0.05) is 11.4 Å². The van der Waals surface area contributed by atoms with Gasteiger partial charge in [-0.2, -0.15) is 0 Å². The molecule has 1 amide bonds. The Kier molecular flexibility index (Phi) is 3.99. The van der Waals surface area contributed by atoms with E-state index in [1.807, 2.05) is 0 Å². The first-order valence-electron chi connectivity index (χ1n) is 6.21. The maximum Gasteiger partial charge on any atom is 0.261 e. The Bertz CT molecular complexity index is 347. The molecule has 1 aromatic heterocycles. The highest BCUT2D eigenvalue weighted by Gasteiger charge is 2.15. The fraction of sp³-hybridized carbons (Fsp3) is 0.615. The smallest absolute Gasteiger partial charge is 0.261 e. The van der Waals surface area contributed by atoms with E-state index in [0.29, 0.717) is 0 Å². The first-order chi connectivity index (χ1) is 7.81. The number of carbonyl (C=O) groups is 1. The van der Waals surface area contributed by atoms with Gasteiger partial charge < -0.3 is 5.32 Å². The Morgan fingerprint density at radius 1 is 1.38 bits per heavy atom. The molecular weight excluding hydrogens is 218 g/mol. The van der Waals surface area contributed by atoms with Crippen molar-refractivity contribution in [2.45, 2.75) is 45.4 Å². The molecule has 1 N–H and O–H groups in total. The molecule has 0 spiro atoms. The third kappa shape index (κ3) is 2.64. The molecule has 1 aliphatic rings. The van der Waals surface area contributed by atoms with Crippen LogP contribution in [0.1, 0.15) is 52.7 Å². The quantitative estimate of drug-likeness (QED) is 0.804. The fourth-order valence-corrected chi connectivity index (χ4v) is 3.27. The SMILES string of the molecule is CCCNC(=O)c1cc2c(s1)CCCCC2. The highest BCUT2D eigenvalue weighted by molar-refractivity contribution is 7.14. The van der Waals surface area contributed by atoms with E-state index in [-0.39, 0.29) is 5.91 Å². The van der Waals surface area contributed by atoms with Crippen LogP contribution in [0.4, 0.5) is 0 Å². The summed E-state index contributed by atoms with van der Waals surface area (Å²) in [6.07, 6.45) is 7.22. The Labute approximate surface area is 101 Å². The Hall–Kier alpha value is -0.830. The third-order valence-electron chi connectivity index (χ3n) is 3.01. The summed E-state index contributed by atoms with van der Waals surface area (Å²) < 4.78 is 0. The van der Waals surface area contributed by atoms with Crippen molar-refractivity contribution in [2.75, 3.05) is 6.54 Å². The molecule has 0 unspecified atom stereocenters. The molecule has 1 aromatic rings. The number of nitrogens with one attached hydrogen (secondary N) is 1. The van der Waals surface area contributed by atoms with Crippen LogP contribution in [0.5, 0.6) is 0 Å². The zero-order chi connectivity index (χ0) is 11.4. The van der Waals surface area contributed by atoms with Gasteiger partial charge in [-0.25, -0.2) is 0 Å². The van der Waals surface area contributed by atoms with E-state index in [1.165, 1.54) is 36.1 Å². The van der Waals surface area contributed by atoms with E-state index in [0.717, 1.165) is 24.3 Å². The van der Waals surface area contributed by atoms with E-state index in [4.69, 9.17) is 0 Å². The molecule has 2 nitrogen and oxygen atoms in total. The van der Waals surface area contributed by atoms with Crippen molar-refractivity contribution in [3.63, 3.8) is 0 Å². The van der Waals surface area contributed by atoms with Gasteiger partial charge in [-0.15, -0.1) is 11.3 Å². The lowest BCUT2D eigenvalue weighted by Crippen LogP contribution is -2.22. The van der Waals surface area contributed by atoms with Crippen LogP contribution in [-0.4, -0.2) is 12.5 Å². The van der Waals surface area contributed by atoms with E-state index < -0.39 is 0 Å². The molecule has 0 aliphatic heterocycles. The Balaban J connectivity index is 2.08. The Morgan fingerprint density at radius 3 is 3.00 bits per heavy atom. The molecular formula is C13H19NOS. The van der Waals surface area contributed by atoms with Crippen molar-refractivity contribution >= 4 is 17.2 Å². The highest BCUT2D eigenvalue weighted by atomic mass is 32.1. The van der Waals surface area contributed by atoms with Crippen molar-refractivity contribution in [1.29, 1.82) is 0 Å². The van der Waals surface area contributed by atoms with Gasteiger partial charge in [0.2, 0.25) is 0 Å². The van der Waals surface area contributed by atoms with Gasteiger partial charge in [0.25, 0.3) is 5.91 Å². The average Bonchev–Trinajstić information content (AvgIpc) is 2.58. The lowest BCUT2D eigenvalue weighted by Gasteiger charge is -1.99. The maximum atomic E-state index is 11.8. The van der Waals surface area contributed by atoms with Gasteiger partial charge in [-0.1, -0.05) is 13.3 Å². The van der Waals surface area contributed by atoms with Crippen molar-refractivity contribution in [2.24, 2.45) is 0 Å². The largest absolute Gasteiger partial charge is 0.351 e. The molecule has 0 radical (unpaired) electrons. The number of thiophene rings is 1. The molecule has 1 aliphatic carbocycles. The van der Waals surface area contributed by atoms with Crippen LogP contribution in [0.2, 0.25) is 0 Å². The van der Waals surface area contributed by atoms with Crippen LogP contribution in [0.25, 0.3) is 0 Å². The van der Waals surface area contributed by atoms with Gasteiger partial charge in [-0.05, 0) is 43.7 Å². The van der Waals surface area contributed by atoms with Crippen molar-refractivity contribution in [1.82, 2.24) is 5.32 Å². The summed E-state index contributed by atoms with van der Waals surface area (Å²) in [6.45, 7) is 2.85. The van der Waals surface area contributed by atoms with E-state index >= 15 is 0 Å². The predicted octanol–water partition coefficient (Wildman–Crippen LogP) is 3.16. The normalized spacial score (nSPS) is 15.3. The molecule has 0 bridgehead atoms. The van der Waals surface area contributed by atoms with E-state index in [2.05, 4.69) is 18.3 Å². The summed E-state index contributed by atoms with van der Waals surface area (Å²) in [5.74, 6) is 0.111. The van der Waals surface area contributed by atoms with E-state index in [9.17, 15) is 4.79 Å². The summed E-state index contributed by atoms with van der Waals surface area (Å²) in [7, 11) is 0. The first kappa shape index (κ1) is 11.6. The maximum absolute atomic E-state index is 11.8. The number of amides is 1. The van der Waals surface area contributed by atoms with Gasteiger partial charge in [0.15, 0.2) is 0 Å². The second kappa shape index (κ2) is 5.48. The average molecular weight is 237 g/mol. The van der Waals surface area contributed by atoms with Gasteiger partial charge in [0.05, 0.1) is 4.88 Å². The molecule has 0 saturated carbocycles. The van der Waals surface area contributed by atoms with Crippen LogP contribution in [0.15, 0.2) is 6.07 Å². The molecule has 0 aromatic carbocycles. The topological polar surface area (TPSA) is 29.1 Å². The Morgan fingerprint density at radius 2 is 2.19 bits per heavy atom. The summed E-state index contributed by atoms with van der Waals surface area (Å²) in [4.78, 5) is 14.2. The molecule has 88 valence electrons. The number of rotatable bonds is 3. The van der Waals surface area contributed by atoms with Gasteiger partial charge in [-0.3, -0.25) is 4.79 Å². The summed E-state index contributed by atoms with van der Waals surface area (Å²) in [6, 6.07) is 2.11. The van der Waals surface area contributed by atoms with Crippen molar-refractivity contribution in [3.8, 4) is 0 Å². The van der Waals surface area contributed by atoms with Crippen LogP contribution in [-0.2, 0) is 12.8 Å². The number of aryl methyl sites for hydroxylation is 2. The molecule has 2 rings (SSSR count). The lowest BCUT2D eigenvalue weighted by atomic mass is 10.1. The van der Waals surface area contributed by atoms with Crippen LogP contribution in [0, 0.1) is 0 Å². The molecule has 0 saturated heterocycles. The van der Waals surface area contributed by atoms with Crippen LogP contribution in [0.3, 0.4) is 0 Å². The summed E-state index contributed by atoms with van der Waals surface area (Å²) in [5, 5.41) is 2.94. The van der Waals surface area contributed by atoms with Crippen molar-refractivity contribution < 1.29 is 4.79 Å². The lowest BCUT2D eigenvalue weighted by molar-refractivity contribution is 0.0957. The minimum absolute atomic E-state index is 0.111. The second-order valence-electron chi connectivity index (χ2n) is 4.38. The zero-order valence-electron chi connectivity index (χ0n) is 9.84. The number of hydrogen-bond acceptors (Lipinski definition) is 2. The summed E-state index contributed by atoms with van der Waals surface area (Å²) in [5.41, 5.74) is 1.42. The molecule has 1 heterocycles. The monoisotopic (exact) mass is 237 g/mol.